The average molecular weight is 620 g/mol. The number of nitrogens with zero attached hydrogens (tertiary/aromatic N) is 4. The van der Waals surface area contributed by atoms with Gasteiger partial charge in [-0.3, -0.25) is 0 Å². The van der Waals surface area contributed by atoms with Crippen molar-refractivity contribution in [2.24, 2.45) is 4.99 Å². The van der Waals surface area contributed by atoms with Gasteiger partial charge in [0.1, 0.15) is 5.60 Å². The number of carbonyl (C=O) groups excluding carboxylic acids is 1. The van der Waals surface area contributed by atoms with Crippen LogP contribution in [0.4, 0.5) is 35.0 Å². The number of halogens is 4. The van der Waals surface area contributed by atoms with Crippen LogP contribution in [0, 0.1) is 4.51 Å². The molecule has 2 aliphatic rings. The zero-order valence-corrected chi connectivity index (χ0v) is 23.2. The molecule has 1 atom stereocenters. The van der Waals surface area contributed by atoms with E-state index in [1.165, 1.54) is 6.07 Å². The van der Waals surface area contributed by atoms with E-state index in [1.807, 2.05) is 42.1 Å². The van der Waals surface area contributed by atoms with E-state index in [2.05, 4.69) is 26.2 Å². The van der Waals surface area contributed by atoms with Crippen molar-refractivity contribution in [2.75, 3.05) is 50.1 Å². The Morgan fingerprint density at radius 3 is 2.31 bits per heavy atom. The van der Waals surface area contributed by atoms with Gasteiger partial charge in [-0.25, -0.2) is 9.79 Å². The van der Waals surface area contributed by atoms with Gasteiger partial charge in [-0.15, -0.1) is 0 Å². The largest absolute Gasteiger partial charge is 0.444 e. The summed E-state index contributed by atoms with van der Waals surface area (Å²) in [5.41, 5.74) is 0.141. The van der Waals surface area contributed by atoms with E-state index in [1.54, 1.807) is 31.7 Å². The molecule has 11 heteroatoms. The van der Waals surface area contributed by atoms with Crippen LogP contribution in [0.3, 0.4) is 0 Å². The van der Waals surface area contributed by atoms with Crippen molar-refractivity contribution in [3.63, 3.8) is 0 Å². The molecule has 1 fully saturated rings. The molecule has 2 aromatic rings. The van der Waals surface area contributed by atoms with Gasteiger partial charge >= 0.3 is 12.3 Å². The van der Waals surface area contributed by atoms with Gasteiger partial charge in [0.25, 0.3) is 0 Å². The zero-order chi connectivity index (χ0) is 25.7. The first-order valence-electron chi connectivity index (χ1n) is 11.2. The lowest BCUT2D eigenvalue weighted by molar-refractivity contribution is -0.137. The number of amides is 1. The maximum atomic E-state index is 14.2. The van der Waals surface area contributed by atoms with Crippen LogP contribution < -0.4 is 15.2 Å². The summed E-state index contributed by atoms with van der Waals surface area (Å²) in [7, 11) is 3.24. The molecule has 1 amide bonds. The normalized spacial score (nSPS) is 17.9. The maximum Gasteiger partial charge on any atom is 0.418 e. The summed E-state index contributed by atoms with van der Waals surface area (Å²) in [6, 6.07) is 8.68. The lowest BCUT2D eigenvalue weighted by Gasteiger charge is -2.37. The molecule has 2 heterocycles. The van der Waals surface area contributed by atoms with Crippen molar-refractivity contribution in [3.8, 4) is 0 Å². The molecular formula is C24H28F3IN4O2S. The van der Waals surface area contributed by atoms with E-state index in [-0.39, 0.29) is 5.69 Å². The fourth-order valence-corrected chi connectivity index (χ4v) is 7.35. The molecule has 0 N–H and O–H groups in total. The second-order valence-electron chi connectivity index (χ2n) is 9.71. The summed E-state index contributed by atoms with van der Waals surface area (Å²) < 4.78 is 48.9. The van der Waals surface area contributed by atoms with Gasteiger partial charge in [0.15, 0.2) is 0 Å². The lowest BCUT2D eigenvalue weighted by atomic mass is 10.1. The molecule has 190 valence electrons. The maximum absolute atomic E-state index is 14.2. The minimum atomic E-state index is -4.54. The third kappa shape index (κ3) is 5.55. The van der Waals surface area contributed by atoms with Crippen molar-refractivity contribution in [1.29, 1.82) is 0 Å². The highest BCUT2D eigenvalue weighted by Crippen LogP contribution is 2.51. The summed E-state index contributed by atoms with van der Waals surface area (Å²) >= 11 is 2.23. The molecule has 1 saturated heterocycles. The Bertz CT molecular complexity index is 1280. The van der Waals surface area contributed by atoms with Crippen molar-refractivity contribution in [1.82, 2.24) is 4.90 Å². The number of hydrogen-bond acceptors (Lipinski definition) is 5. The first kappa shape index (κ1) is 26.1. The van der Waals surface area contributed by atoms with Crippen LogP contribution in [0.5, 0.6) is 0 Å². The molecule has 0 radical (unpaired) electrons. The molecule has 6 nitrogen and oxygen atoms in total. The highest BCUT2D eigenvalue weighted by molar-refractivity contribution is 14.2. The average Bonchev–Trinajstić information content (AvgIpc) is 2.76. The van der Waals surface area contributed by atoms with Crippen LogP contribution in [-0.4, -0.2) is 56.9 Å². The number of alkyl halides is 3. The first-order chi connectivity index (χ1) is 16.2. The number of rotatable bonds is 2. The van der Waals surface area contributed by atoms with Gasteiger partial charge in [0, 0.05) is 61.1 Å². The smallest absolute Gasteiger partial charge is 0.418 e. The summed E-state index contributed by atoms with van der Waals surface area (Å²) in [5, 5.41) is 0.574. The van der Waals surface area contributed by atoms with Crippen molar-refractivity contribution >= 4 is 52.0 Å². The monoisotopic (exact) mass is 620 g/mol. The number of anilines is 2. The van der Waals surface area contributed by atoms with Gasteiger partial charge in [-0.05, 0) is 72.3 Å². The molecule has 0 aliphatic carbocycles. The van der Waals surface area contributed by atoms with Crippen LogP contribution in [-0.2, 0) is 10.9 Å². The molecule has 2 aromatic carbocycles. The van der Waals surface area contributed by atoms with Crippen LogP contribution in [0.15, 0.2) is 40.2 Å². The summed E-state index contributed by atoms with van der Waals surface area (Å²) in [6.45, 7) is 7.01. The van der Waals surface area contributed by atoms with E-state index in [9.17, 15) is 18.0 Å². The summed E-state index contributed by atoms with van der Waals surface area (Å²) in [4.78, 5) is 22.9. The quantitative estimate of drug-likeness (QED) is 0.305. The number of piperazine rings is 1. The van der Waals surface area contributed by atoms with Crippen LogP contribution >= 0.6 is 28.9 Å². The summed E-state index contributed by atoms with van der Waals surface area (Å²) in [5.74, 6) is 0. The van der Waals surface area contributed by atoms with Gasteiger partial charge in [-0.1, -0.05) is 7.66 Å². The Morgan fingerprint density at radius 1 is 1.09 bits per heavy atom. The van der Waals surface area contributed by atoms with E-state index >= 15 is 0 Å². The third-order valence-corrected chi connectivity index (χ3v) is 10.00. The highest BCUT2D eigenvalue weighted by Gasteiger charge is 2.37. The van der Waals surface area contributed by atoms with E-state index in [4.69, 9.17) is 4.74 Å². The molecule has 0 aromatic heterocycles. The number of benzene rings is 2. The molecule has 4 rings (SSSR count). The number of ether oxygens (including phenoxy) is 1. The Labute approximate surface area is 217 Å². The minimum absolute atomic E-state index is 0.00326. The topological polar surface area (TPSA) is 48.4 Å². The molecule has 2 aliphatic heterocycles. The van der Waals surface area contributed by atoms with Crippen molar-refractivity contribution in [3.05, 3.63) is 45.8 Å². The van der Waals surface area contributed by atoms with E-state index < -0.39 is 31.1 Å². The van der Waals surface area contributed by atoms with Crippen LogP contribution in [0.25, 0.3) is 0 Å². The standard InChI is InChI=1S/C24H28F3IN4O2S/c1-23(2,3)34-22(33)32-10-8-31(9-11-32)16-12-17(24(25,26)27)21-20(14-16)35(28)19-13-15(30(4)5)6-7-18(19)29-21/h6-7,12-14H,8-11H2,1-5H3. The molecular weight excluding hydrogens is 592 g/mol. The van der Waals surface area contributed by atoms with E-state index in [0.29, 0.717) is 42.1 Å². The Kier molecular flexibility index (Phi) is 7.04. The fourth-order valence-electron chi connectivity index (χ4n) is 3.97. The molecule has 0 spiro atoms. The fraction of sp³-hybridized carbons (Fsp3) is 0.458. The molecule has 1 unspecified atom stereocenters. The third-order valence-electron chi connectivity index (χ3n) is 5.74. The molecule has 0 bridgehead atoms. The molecule has 0 saturated carbocycles. The van der Waals surface area contributed by atoms with Gasteiger partial charge in [0.2, 0.25) is 0 Å². The number of carbonyl (C=O) groups is 1. The van der Waals surface area contributed by atoms with Gasteiger partial charge in [-0.2, -0.15) is 13.2 Å². The van der Waals surface area contributed by atoms with Gasteiger partial charge in [0.05, 0.1) is 16.6 Å². The Morgan fingerprint density at radius 2 is 1.74 bits per heavy atom. The highest BCUT2D eigenvalue weighted by atomic mass is 127. The first-order valence-corrected chi connectivity index (χ1v) is 14.9. The van der Waals surface area contributed by atoms with Crippen molar-refractivity contribution in [2.45, 2.75) is 37.4 Å². The Balaban J connectivity index is 1.71. The van der Waals surface area contributed by atoms with Gasteiger partial charge < -0.3 is 19.4 Å². The zero-order valence-electron chi connectivity index (χ0n) is 20.2. The van der Waals surface area contributed by atoms with Crippen LogP contribution in [0.2, 0.25) is 0 Å². The minimum Gasteiger partial charge on any atom is -0.444 e. The van der Waals surface area contributed by atoms with Crippen LogP contribution in [0.1, 0.15) is 26.3 Å². The lowest BCUT2D eigenvalue weighted by Crippen LogP contribution is -2.50. The predicted molar refractivity (Wildman–Crippen MR) is 142 cm³/mol. The summed E-state index contributed by atoms with van der Waals surface area (Å²) in [6.07, 6.45) is -4.94. The second-order valence-corrected chi connectivity index (χ2v) is 13.7. The van der Waals surface area contributed by atoms with Crippen molar-refractivity contribution < 1.29 is 22.7 Å². The number of fused-ring (bicyclic) bond motifs is 2. The molecule has 35 heavy (non-hydrogen) atoms. The second kappa shape index (κ2) is 9.45. The SMILES string of the molecule is CN(C)c1ccc2c(c1)=S(I)c1cc(N3CCN(C(=O)OC(C)(C)C)CC3)cc(C(F)(F)F)c1N=2. The van der Waals surface area contributed by atoms with E-state index in [0.717, 1.165) is 10.2 Å². The Hall–Kier alpha value is -2.02. The predicted octanol–water partition coefficient (Wildman–Crippen LogP) is 6.02. The number of hydrogen-bond donors (Lipinski definition) is 0.